The molecule has 0 radical (unpaired) electrons. The van der Waals surface area contributed by atoms with Crippen LogP contribution in [0.2, 0.25) is 5.02 Å². The van der Waals surface area contributed by atoms with E-state index in [9.17, 15) is 14.4 Å². The van der Waals surface area contributed by atoms with E-state index in [1.165, 1.54) is 0 Å². The Morgan fingerprint density at radius 1 is 1.15 bits per heavy atom. The summed E-state index contributed by atoms with van der Waals surface area (Å²) in [6.07, 6.45) is -0.405. The zero-order chi connectivity index (χ0) is 19.4. The van der Waals surface area contributed by atoms with Gasteiger partial charge in [0.2, 0.25) is 11.7 Å². The third kappa shape index (κ3) is 4.37. The highest BCUT2D eigenvalue weighted by Crippen LogP contribution is 2.27. The van der Waals surface area contributed by atoms with E-state index in [1.54, 1.807) is 60.4 Å². The highest BCUT2D eigenvalue weighted by Gasteiger charge is 2.37. The summed E-state index contributed by atoms with van der Waals surface area (Å²) in [6.45, 7) is 2.02. The molecule has 1 aliphatic heterocycles. The van der Waals surface area contributed by atoms with Gasteiger partial charge in [-0.25, -0.2) is 0 Å². The van der Waals surface area contributed by atoms with Crippen molar-refractivity contribution in [1.29, 1.82) is 0 Å². The van der Waals surface area contributed by atoms with Crippen molar-refractivity contribution in [2.75, 3.05) is 11.4 Å². The Kier molecular flexibility index (Phi) is 5.91. The summed E-state index contributed by atoms with van der Waals surface area (Å²) >= 11 is 5.88. The smallest absolute Gasteiger partial charge is 0.312 e. The SMILES string of the molecule is CC[C@@H](OC(=O)[C@H]1CC(=O)N(c2ccc(Cl)cc2)C1)C(=O)c1ccccc1. The molecule has 0 N–H and O–H groups in total. The lowest BCUT2D eigenvalue weighted by molar-refractivity contribution is -0.151. The van der Waals surface area contributed by atoms with E-state index in [0.717, 1.165) is 0 Å². The fourth-order valence-corrected chi connectivity index (χ4v) is 3.21. The molecule has 2 aromatic rings. The second-order valence-corrected chi connectivity index (χ2v) is 6.88. The molecule has 6 heteroatoms. The third-order valence-corrected chi connectivity index (χ3v) is 4.83. The molecule has 1 amide bonds. The molecule has 140 valence electrons. The standard InChI is InChI=1S/C21H20ClNO4/c1-2-18(20(25)14-6-4-3-5-7-14)27-21(26)15-12-19(24)23(13-15)17-10-8-16(22)9-11-17/h3-11,15,18H,2,12-13H2,1H3/t15-,18+/m0/s1. The van der Waals surface area contributed by atoms with Gasteiger partial charge in [0.25, 0.3) is 0 Å². The Morgan fingerprint density at radius 3 is 2.44 bits per heavy atom. The lowest BCUT2D eigenvalue weighted by Crippen LogP contribution is -2.31. The van der Waals surface area contributed by atoms with E-state index in [1.807, 2.05) is 6.07 Å². The first-order valence-corrected chi connectivity index (χ1v) is 9.23. The maximum absolute atomic E-state index is 12.6. The van der Waals surface area contributed by atoms with Crippen molar-refractivity contribution in [3.63, 3.8) is 0 Å². The molecule has 5 nitrogen and oxygen atoms in total. The number of anilines is 1. The normalized spacial score (nSPS) is 17.6. The van der Waals surface area contributed by atoms with Crippen LogP contribution in [0.15, 0.2) is 54.6 Å². The number of benzene rings is 2. The van der Waals surface area contributed by atoms with Crippen molar-refractivity contribution < 1.29 is 19.1 Å². The number of ketones is 1. The van der Waals surface area contributed by atoms with Gasteiger partial charge in [0.15, 0.2) is 6.10 Å². The highest BCUT2D eigenvalue weighted by atomic mass is 35.5. The summed E-state index contributed by atoms with van der Waals surface area (Å²) in [4.78, 5) is 38.9. The summed E-state index contributed by atoms with van der Waals surface area (Å²) in [5.74, 6) is -1.49. The van der Waals surface area contributed by atoms with Gasteiger partial charge in [-0.3, -0.25) is 14.4 Å². The van der Waals surface area contributed by atoms with Gasteiger partial charge in [0.05, 0.1) is 5.92 Å². The van der Waals surface area contributed by atoms with Gasteiger partial charge in [-0.05, 0) is 30.7 Å². The average molecular weight is 386 g/mol. The van der Waals surface area contributed by atoms with E-state index < -0.39 is 18.0 Å². The molecule has 1 aliphatic rings. The van der Waals surface area contributed by atoms with Crippen molar-refractivity contribution in [2.45, 2.75) is 25.9 Å². The van der Waals surface area contributed by atoms with Crippen LogP contribution >= 0.6 is 11.6 Å². The number of halogens is 1. The molecule has 0 aromatic heterocycles. The Balaban J connectivity index is 1.66. The molecule has 2 atom stereocenters. The minimum atomic E-state index is -0.848. The van der Waals surface area contributed by atoms with Crippen molar-refractivity contribution >= 4 is 34.9 Å². The van der Waals surface area contributed by atoms with E-state index in [-0.39, 0.29) is 24.7 Å². The lowest BCUT2D eigenvalue weighted by atomic mass is 10.0. The zero-order valence-corrected chi connectivity index (χ0v) is 15.7. The number of carbonyl (C=O) groups is 3. The highest BCUT2D eigenvalue weighted by molar-refractivity contribution is 6.30. The molecule has 0 unspecified atom stereocenters. The Bertz CT molecular complexity index is 835. The first-order chi connectivity index (χ1) is 13.0. The van der Waals surface area contributed by atoms with Crippen LogP contribution in [0.1, 0.15) is 30.1 Å². The molecule has 0 bridgehead atoms. The monoisotopic (exact) mass is 385 g/mol. The third-order valence-electron chi connectivity index (χ3n) is 4.58. The molecule has 3 rings (SSSR count). The molecular weight excluding hydrogens is 366 g/mol. The molecular formula is C21H20ClNO4. The molecule has 27 heavy (non-hydrogen) atoms. The van der Waals surface area contributed by atoms with Gasteiger partial charge in [-0.15, -0.1) is 0 Å². The zero-order valence-electron chi connectivity index (χ0n) is 14.9. The number of hydrogen-bond donors (Lipinski definition) is 0. The van der Waals surface area contributed by atoms with Crippen molar-refractivity contribution in [3.05, 3.63) is 65.2 Å². The summed E-state index contributed by atoms with van der Waals surface area (Å²) in [5, 5.41) is 0.576. The molecule has 0 saturated carbocycles. The Labute approximate surface area is 162 Å². The minimum Gasteiger partial charge on any atom is -0.454 e. The summed E-state index contributed by atoms with van der Waals surface area (Å²) in [7, 11) is 0. The second kappa shape index (κ2) is 8.35. The topological polar surface area (TPSA) is 63.7 Å². The number of hydrogen-bond acceptors (Lipinski definition) is 4. The van der Waals surface area contributed by atoms with Crippen LogP contribution in [-0.4, -0.2) is 30.3 Å². The molecule has 1 saturated heterocycles. The van der Waals surface area contributed by atoms with Crippen molar-refractivity contribution in [2.24, 2.45) is 5.92 Å². The first-order valence-electron chi connectivity index (χ1n) is 8.85. The summed E-state index contributed by atoms with van der Waals surface area (Å²) in [6, 6.07) is 15.6. The maximum atomic E-state index is 12.6. The van der Waals surface area contributed by atoms with Gasteiger partial charge in [0, 0.05) is 29.2 Å². The number of rotatable bonds is 6. The van der Waals surface area contributed by atoms with Crippen LogP contribution in [-0.2, 0) is 14.3 Å². The minimum absolute atomic E-state index is 0.0669. The molecule has 2 aromatic carbocycles. The molecule has 0 aliphatic carbocycles. The van der Waals surface area contributed by atoms with Crippen LogP contribution < -0.4 is 4.90 Å². The van der Waals surface area contributed by atoms with Gasteiger partial charge in [0.1, 0.15) is 0 Å². The van der Waals surface area contributed by atoms with Gasteiger partial charge >= 0.3 is 5.97 Å². The fourth-order valence-electron chi connectivity index (χ4n) is 3.08. The quantitative estimate of drug-likeness (QED) is 0.559. The Morgan fingerprint density at radius 2 is 1.81 bits per heavy atom. The van der Waals surface area contributed by atoms with Crippen LogP contribution in [0.3, 0.4) is 0 Å². The van der Waals surface area contributed by atoms with Crippen LogP contribution in [0.5, 0.6) is 0 Å². The summed E-state index contributed by atoms with van der Waals surface area (Å²) < 4.78 is 5.46. The number of Topliss-reactive ketones (excluding diaryl/α,β-unsaturated/α-hetero) is 1. The molecule has 0 spiro atoms. The van der Waals surface area contributed by atoms with Crippen LogP contribution in [0.4, 0.5) is 5.69 Å². The fraction of sp³-hybridized carbons (Fsp3) is 0.286. The molecule has 1 heterocycles. The van der Waals surface area contributed by atoms with Crippen LogP contribution in [0.25, 0.3) is 0 Å². The summed E-state index contributed by atoms with van der Waals surface area (Å²) in [5.41, 5.74) is 1.19. The van der Waals surface area contributed by atoms with E-state index >= 15 is 0 Å². The lowest BCUT2D eigenvalue weighted by Gasteiger charge is -2.19. The predicted molar refractivity (Wildman–Crippen MR) is 103 cm³/mol. The Hall–Kier alpha value is -2.66. The second-order valence-electron chi connectivity index (χ2n) is 6.45. The average Bonchev–Trinajstić information content (AvgIpc) is 3.08. The largest absolute Gasteiger partial charge is 0.454 e. The van der Waals surface area contributed by atoms with Gasteiger partial charge < -0.3 is 9.64 Å². The number of amides is 1. The van der Waals surface area contributed by atoms with E-state index in [2.05, 4.69) is 0 Å². The maximum Gasteiger partial charge on any atom is 0.312 e. The number of ether oxygens (including phenoxy) is 1. The number of esters is 1. The molecule has 1 fully saturated rings. The number of carbonyl (C=O) groups excluding carboxylic acids is 3. The first kappa shape index (κ1) is 19.1. The van der Waals surface area contributed by atoms with Gasteiger partial charge in [-0.1, -0.05) is 48.9 Å². The number of nitrogens with zero attached hydrogens (tertiary/aromatic N) is 1. The van der Waals surface area contributed by atoms with E-state index in [0.29, 0.717) is 22.7 Å². The van der Waals surface area contributed by atoms with Crippen LogP contribution in [0, 0.1) is 5.92 Å². The van der Waals surface area contributed by atoms with Crippen molar-refractivity contribution in [3.8, 4) is 0 Å². The van der Waals surface area contributed by atoms with Gasteiger partial charge in [-0.2, -0.15) is 0 Å². The van der Waals surface area contributed by atoms with E-state index in [4.69, 9.17) is 16.3 Å². The van der Waals surface area contributed by atoms with Crippen molar-refractivity contribution in [1.82, 2.24) is 0 Å². The predicted octanol–water partition coefficient (Wildman–Crippen LogP) is 3.90.